The van der Waals surface area contributed by atoms with Crippen LogP contribution in [0.3, 0.4) is 0 Å². The summed E-state index contributed by atoms with van der Waals surface area (Å²) in [5.41, 5.74) is 5.51. The van der Waals surface area contributed by atoms with Gasteiger partial charge in [-0.25, -0.2) is 0 Å². The van der Waals surface area contributed by atoms with Crippen LogP contribution in [0.2, 0.25) is 0 Å². The number of fused-ring (bicyclic) bond motifs is 8. The molecule has 228 valence electrons. The standard InChI is InChI=1S/C45H27N3Se/c1-3-10-28(11-4-1)35-16-9-17-38-40-27-33(22-25-41(40)49-42(35)38)45-47-43(31-13-5-2-6-14-31)46-44(48-45)32-19-18-30-21-23-36-34-15-8-7-12-29(34)20-24-37(36)39(30)26-32/h1-27H. The van der Waals surface area contributed by atoms with Crippen LogP contribution in [0.15, 0.2) is 164 Å². The molecule has 10 rings (SSSR count). The number of rotatable bonds is 4. The van der Waals surface area contributed by atoms with E-state index in [4.69, 9.17) is 15.0 Å². The van der Waals surface area contributed by atoms with E-state index in [-0.39, 0.29) is 14.5 Å². The van der Waals surface area contributed by atoms with E-state index in [1.165, 1.54) is 62.7 Å². The van der Waals surface area contributed by atoms with Crippen LogP contribution in [0, 0.1) is 0 Å². The van der Waals surface area contributed by atoms with E-state index in [2.05, 4.69) is 146 Å². The summed E-state index contributed by atoms with van der Waals surface area (Å²) in [6.45, 7) is 0. The van der Waals surface area contributed by atoms with Gasteiger partial charge in [0, 0.05) is 0 Å². The van der Waals surface area contributed by atoms with Crippen molar-refractivity contribution in [3.63, 3.8) is 0 Å². The Labute approximate surface area is 288 Å². The average Bonchev–Trinajstić information content (AvgIpc) is 3.56. The van der Waals surface area contributed by atoms with Gasteiger partial charge in [0.25, 0.3) is 0 Å². The van der Waals surface area contributed by atoms with Crippen LogP contribution >= 0.6 is 0 Å². The van der Waals surface area contributed by atoms with Gasteiger partial charge in [-0.05, 0) is 10.8 Å². The van der Waals surface area contributed by atoms with E-state index < -0.39 is 0 Å². The van der Waals surface area contributed by atoms with Crippen LogP contribution in [-0.4, -0.2) is 29.5 Å². The third-order valence-electron chi connectivity index (χ3n) is 9.51. The molecule has 8 aromatic carbocycles. The van der Waals surface area contributed by atoms with Crippen molar-refractivity contribution in [1.82, 2.24) is 15.0 Å². The van der Waals surface area contributed by atoms with Crippen molar-refractivity contribution >= 4 is 66.1 Å². The Balaban J connectivity index is 1.16. The number of nitrogens with zero attached hydrogens (tertiary/aromatic N) is 3. The molecule has 0 bridgehead atoms. The van der Waals surface area contributed by atoms with Crippen molar-refractivity contribution in [3.05, 3.63) is 164 Å². The molecule has 2 aromatic heterocycles. The van der Waals surface area contributed by atoms with Gasteiger partial charge in [0.05, 0.1) is 0 Å². The molecule has 0 aliphatic heterocycles. The molecule has 2 heterocycles. The minimum absolute atomic E-state index is 0.217. The topological polar surface area (TPSA) is 38.7 Å². The summed E-state index contributed by atoms with van der Waals surface area (Å²) in [5.74, 6) is 2.01. The van der Waals surface area contributed by atoms with Gasteiger partial charge in [0.1, 0.15) is 0 Å². The second-order valence-corrected chi connectivity index (χ2v) is 14.6. The monoisotopic (exact) mass is 689 g/mol. The summed E-state index contributed by atoms with van der Waals surface area (Å²) < 4.78 is 2.83. The molecule has 0 fully saturated rings. The maximum absolute atomic E-state index is 5.17. The zero-order chi connectivity index (χ0) is 32.3. The first kappa shape index (κ1) is 28.1. The molecule has 4 heteroatoms. The molecule has 0 saturated heterocycles. The fourth-order valence-corrected chi connectivity index (χ4v) is 9.65. The van der Waals surface area contributed by atoms with Gasteiger partial charge in [0.15, 0.2) is 0 Å². The van der Waals surface area contributed by atoms with Crippen molar-refractivity contribution in [1.29, 1.82) is 0 Å². The van der Waals surface area contributed by atoms with Gasteiger partial charge in [0.2, 0.25) is 0 Å². The number of aromatic nitrogens is 3. The molecule has 0 atom stereocenters. The van der Waals surface area contributed by atoms with E-state index in [1.54, 1.807) is 0 Å². The molecule has 0 N–H and O–H groups in total. The molecule has 49 heavy (non-hydrogen) atoms. The van der Waals surface area contributed by atoms with Crippen molar-refractivity contribution in [2.24, 2.45) is 0 Å². The molecule has 0 aliphatic carbocycles. The minimum atomic E-state index is 0.217. The number of benzene rings is 8. The van der Waals surface area contributed by atoms with Crippen LogP contribution in [0.4, 0.5) is 0 Å². The molecule has 0 radical (unpaired) electrons. The quantitative estimate of drug-likeness (QED) is 0.136. The van der Waals surface area contributed by atoms with Gasteiger partial charge in [-0.1, -0.05) is 36.4 Å². The van der Waals surface area contributed by atoms with Gasteiger partial charge in [-0.15, -0.1) is 0 Å². The second kappa shape index (κ2) is 11.3. The van der Waals surface area contributed by atoms with Crippen molar-refractivity contribution in [2.75, 3.05) is 0 Å². The van der Waals surface area contributed by atoms with E-state index in [0.717, 1.165) is 16.7 Å². The number of hydrogen-bond acceptors (Lipinski definition) is 3. The Hall–Kier alpha value is -5.93. The fourth-order valence-electron chi connectivity index (χ4n) is 7.09. The van der Waals surface area contributed by atoms with Crippen LogP contribution in [0.1, 0.15) is 0 Å². The summed E-state index contributed by atoms with van der Waals surface area (Å²) in [5, 5.41) is 9.95. The predicted octanol–water partition coefficient (Wildman–Crippen LogP) is 11.4. The molecule has 10 aromatic rings. The zero-order valence-electron chi connectivity index (χ0n) is 26.3. The Bertz CT molecular complexity index is 2880. The number of hydrogen-bond donors (Lipinski definition) is 0. The molecule has 0 amide bonds. The summed E-state index contributed by atoms with van der Waals surface area (Å²) in [6, 6.07) is 58.4. The maximum atomic E-state index is 5.17. The summed E-state index contributed by atoms with van der Waals surface area (Å²) in [4.78, 5) is 15.3. The molecule has 0 aliphatic rings. The molecular formula is C45H27N3Se. The van der Waals surface area contributed by atoms with Gasteiger partial charge in [-0.2, -0.15) is 0 Å². The van der Waals surface area contributed by atoms with Crippen LogP contribution in [-0.2, 0) is 0 Å². The molecular weight excluding hydrogens is 661 g/mol. The normalized spacial score (nSPS) is 11.7. The van der Waals surface area contributed by atoms with Crippen LogP contribution in [0.5, 0.6) is 0 Å². The van der Waals surface area contributed by atoms with Gasteiger partial charge < -0.3 is 0 Å². The molecule has 0 spiro atoms. The van der Waals surface area contributed by atoms with E-state index in [9.17, 15) is 0 Å². The first-order valence-corrected chi connectivity index (χ1v) is 18.2. The summed E-state index contributed by atoms with van der Waals surface area (Å²) >= 11 is 0.217. The Morgan fingerprint density at radius 3 is 1.63 bits per heavy atom. The Morgan fingerprint density at radius 2 is 0.878 bits per heavy atom. The summed E-state index contributed by atoms with van der Waals surface area (Å²) in [7, 11) is 0. The van der Waals surface area contributed by atoms with Gasteiger partial charge in [-0.3, -0.25) is 0 Å². The zero-order valence-corrected chi connectivity index (χ0v) is 28.1. The molecule has 0 unspecified atom stereocenters. The predicted molar refractivity (Wildman–Crippen MR) is 206 cm³/mol. The van der Waals surface area contributed by atoms with Gasteiger partial charge >= 0.3 is 243 Å². The van der Waals surface area contributed by atoms with E-state index in [0.29, 0.717) is 17.5 Å². The van der Waals surface area contributed by atoms with E-state index >= 15 is 0 Å². The van der Waals surface area contributed by atoms with Crippen molar-refractivity contribution in [3.8, 4) is 45.3 Å². The molecule has 3 nitrogen and oxygen atoms in total. The van der Waals surface area contributed by atoms with Crippen molar-refractivity contribution in [2.45, 2.75) is 0 Å². The van der Waals surface area contributed by atoms with E-state index in [1.807, 2.05) is 18.2 Å². The summed E-state index contributed by atoms with van der Waals surface area (Å²) in [6.07, 6.45) is 0. The Kier molecular flexibility index (Phi) is 6.51. The Morgan fingerprint density at radius 1 is 0.327 bits per heavy atom. The third-order valence-corrected chi connectivity index (χ3v) is 12.1. The molecule has 0 saturated carbocycles. The second-order valence-electron chi connectivity index (χ2n) is 12.4. The first-order chi connectivity index (χ1) is 24.3. The SMILES string of the molecule is c1ccc(-c2nc(-c3ccc4ccc5c6ccccc6ccc5c4c3)nc(-c3ccc4[se]c5c(-c6ccccc6)cccc5c4c3)n2)cc1. The van der Waals surface area contributed by atoms with Crippen LogP contribution in [0.25, 0.3) is 96.9 Å². The fraction of sp³-hybridized carbons (Fsp3) is 0. The van der Waals surface area contributed by atoms with Crippen molar-refractivity contribution < 1.29 is 0 Å². The van der Waals surface area contributed by atoms with Crippen LogP contribution < -0.4 is 0 Å². The average molecular weight is 689 g/mol. The third kappa shape index (κ3) is 4.76. The first-order valence-electron chi connectivity index (χ1n) is 16.4.